The highest BCUT2D eigenvalue weighted by atomic mass is 16.2. The van der Waals surface area contributed by atoms with E-state index in [0.717, 1.165) is 44.2 Å². The molecule has 3 rings (SSSR count). The van der Waals surface area contributed by atoms with Gasteiger partial charge in [-0.15, -0.1) is 0 Å². The molecule has 2 aliphatic heterocycles. The van der Waals surface area contributed by atoms with E-state index in [2.05, 4.69) is 30.0 Å². The van der Waals surface area contributed by atoms with Crippen molar-refractivity contribution in [2.45, 2.75) is 32.6 Å². The quantitative estimate of drug-likeness (QED) is 0.844. The van der Waals surface area contributed by atoms with Crippen LogP contribution in [-0.4, -0.2) is 37.0 Å². The lowest BCUT2D eigenvalue weighted by Gasteiger charge is -2.31. The van der Waals surface area contributed by atoms with Gasteiger partial charge in [0.25, 0.3) is 0 Å². The third kappa shape index (κ3) is 2.88. The first-order valence-electron chi connectivity index (χ1n) is 7.84. The first kappa shape index (κ1) is 13.6. The summed E-state index contributed by atoms with van der Waals surface area (Å²) in [4.78, 5) is 16.9. The lowest BCUT2D eigenvalue weighted by molar-refractivity contribution is -0.118. The number of anilines is 1. The summed E-state index contributed by atoms with van der Waals surface area (Å²) in [5, 5.41) is 0. The predicted molar refractivity (Wildman–Crippen MR) is 82.0 cm³/mol. The largest absolute Gasteiger partial charge is 0.312 e. The molecule has 0 aromatic heterocycles. The van der Waals surface area contributed by atoms with Crippen molar-refractivity contribution in [2.24, 2.45) is 5.92 Å². The van der Waals surface area contributed by atoms with Crippen molar-refractivity contribution < 1.29 is 4.79 Å². The van der Waals surface area contributed by atoms with Crippen LogP contribution in [0.25, 0.3) is 0 Å². The van der Waals surface area contributed by atoms with Crippen molar-refractivity contribution in [3.05, 3.63) is 29.8 Å². The molecule has 108 valence electrons. The number of amides is 1. The summed E-state index contributed by atoms with van der Waals surface area (Å²) in [5.74, 6) is 1.07. The Bertz CT molecular complexity index is 486. The van der Waals surface area contributed by atoms with Gasteiger partial charge in [0.1, 0.15) is 0 Å². The average molecular weight is 272 g/mol. The van der Waals surface area contributed by atoms with Gasteiger partial charge in [0.15, 0.2) is 0 Å². The standard InChI is InChI=1S/C17H24N2O/c1-14-5-4-10-18(13-14)11-9-17(20)19-12-8-15-6-2-3-7-16(15)19/h2-3,6-7,14H,4-5,8-13H2,1H3. The molecule has 0 saturated carbocycles. The second-order valence-corrected chi connectivity index (χ2v) is 6.22. The van der Waals surface area contributed by atoms with E-state index in [0.29, 0.717) is 6.42 Å². The second-order valence-electron chi connectivity index (χ2n) is 6.22. The minimum absolute atomic E-state index is 0.285. The molecule has 1 unspecified atom stereocenters. The van der Waals surface area contributed by atoms with Crippen LogP contribution in [0.15, 0.2) is 24.3 Å². The van der Waals surface area contributed by atoms with E-state index in [1.54, 1.807) is 0 Å². The number of carbonyl (C=O) groups is 1. The van der Waals surface area contributed by atoms with Crippen molar-refractivity contribution in [1.82, 2.24) is 4.90 Å². The van der Waals surface area contributed by atoms with Gasteiger partial charge in [-0.1, -0.05) is 25.1 Å². The van der Waals surface area contributed by atoms with E-state index in [9.17, 15) is 4.79 Å². The normalized spacial score (nSPS) is 22.9. The number of carbonyl (C=O) groups excluding carboxylic acids is 1. The summed E-state index contributed by atoms with van der Waals surface area (Å²) in [7, 11) is 0. The van der Waals surface area contributed by atoms with Crippen LogP contribution >= 0.6 is 0 Å². The number of piperidine rings is 1. The van der Waals surface area contributed by atoms with Gasteiger partial charge in [0, 0.05) is 31.7 Å². The molecule has 0 N–H and O–H groups in total. The fraction of sp³-hybridized carbons (Fsp3) is 0.588. The molecule has 3 heteroatoms. The van der Waals surface area contributed by atoms with Gasteiger partial charge in [-0.2, -0.15) is 0 Å². The number of benzene rings is 1. The molecule has 0 radical (unpaired) electrons. The molecule has 1 aromatic carbocycles. The van der Waals surface area contributed by atoms with Crippen LogP contribution in [0.1, 0.15) is 31.7 Å². The molecule has 0 aliphatic carbocycles. The molecule has 2 aliphatic rings. The number of likely N-dealkylation sites (tertiary alicyclic amines) is 1. The topological polar surface area (TPSA) is 23.6 Å². The highest BCUT2D eigenvalue weighted by molar-refractivity contribution is 5.95. The van der Waals surface area contributed by atoms with E-state index in [1.165, 1.54) is 18.4 Å². The molecule has 1 aromatic rings. The molecule has 3 nitrogen and oxygen atoms in total. The summed E-state index contributed by atoms with van der Waals surface area (Å²) in [5.41, 5.74) is 2.44. The molecule has 1 saturated heterocycles. The summed E-state index contributed by atoms with van der Waals surface area (Å²) in [6, 6.07) is 8.29. The number of rotatable bonds is 3. The van der Waals surface area contributed by atoms with E-state index in [1.807, 2.05) is 11.0 Å². The van der Waals surface area contributed by atoms with Crippen LogP contribution in [0.5, 0.6) is 0 Å². The average Bonchev–Trinajstić information content (AvgIpc) is 2.89. The Balaban J connectivity index is 1.55. The SMILES string of the molecule is CC1CCCN(CCC(=O)N2CCc3ccccc32)C1. The molecule has 0 bridgehead atoms. The van der Waals surface area contributed by atoms with Crippen LogP contribution in [0, 0.1) is 5.92 Å². The Morgan fingerprint density at radius 1 is 1.30 bits per heavy atom. The van der Waals surface area contributed by atoms with Gasteiger partial charge in [-0.05, 0) is 43.4 Å². The molecular formula is C17H24N2O. The lowest BCUT2D eigenvalue weighted by atomic mass is 10.0. The zero-order valence-electron chi connectivity index (χ0n) is 12.3. The lowest BCUT2D eigenvalue weighted by Crippen LogP contribution is -2.38. The van der Waals surface area contributed by atoms with E-state index in [-0.39, 0.29) is 5.91 Å². The Morgan fingerprint density at radius 2 is 2.15 bits per heavy atom. The van der Waals surface area contributed by atoms with Gasteiger partial charge in [0.05, 0.1) is 0 Å². The van der Waals surface area contributed by atoms with E-state index >= 15 is 0 Å². The van der Waals surface area contributed by atoms with E-state index < -0.39 is 0 Å². The summed E-state index contributed by atoms with van der Waals surface area (Å²) in [6.07, 6.45) is 4.27. The Labute approximate surface area is 121 Å². The van der Waals surface area contributed by atoms with Crippen LogP contribution in [-0.2, 0) is 11.2 Å². The third-order valence-corrected chi connectivity index (χ3v) is 4.57. The smallest absolute Gasteiger partial charge is 0.228 e. The molecule has 1 amide bonds. The minimum atomic E-state index is 0.285. The van der Waals surface area contributed by atoms with Gasteiger partial charge < -0.3 is 9.80 Å². The zero-order chi connectivity index (χ0) is 13.9. The second kappa shape index (κ2) is 5.96. The van der Waals surface area contributed by atoms with Gasteiger partial charge in [0.2, 0.25) is 5.91 Å². The van der Waals surface area contributed by atoms with Gasteiger partial charge in [-0.25, -0.2) is 0 Å². The Kier molecular flexibility index (Phi) is 4.06. The van der Waals surface area contributed by atoms with Crippen molar-refractivity contribution in [1.29, 1.82) is 0 Å². The first-order chi connectivity index (χ1) is 9.74. The molecular weight excluding hydrogens is 248 g/mol. The fourth-order valence-corrected chi connectivity index (χ4v) is 3.48. The van der Waals surface area contributed by atoms with Crippen LogP contribution < -0.4 is 4.90 Å². The van der Waals surface area contributed by atoms with Crippen molar-refractivity contribution in [3.8, 4) is 0 Å². The molecule has 20 heavy (non-hydrogen) atoms. The predicted octanol–water partition coefficient (Wildman–Crippen LogP) is 2.70. The third-order valence-electron chi connectivity index (χ3n) is 4.57. The van der Waals surface area contributed by atoms with Gasteiger partial charge >= 0.3 is 0 Å². The summed E-state index contributed by atoms with van der Waals surface area (Å²) >= 11 is 0. The Morgan fingerprint density at radius 3 is 3.00 bits per heavy atom. The number of nitrogens with zero attached hydrogens (tertiary/aromatic N) is 2. The molecule has 2 heterocycles. The first-order valence-corrected chi connectivity index (χ1v) is 7.84. The highest BCUT2D eigenvalue weighted by Crippen LogP contribution is 2.28. The van der Waals surface area contributed by atoms with Gasteiger partial charge in [-0.3, -0.25) is 4.79 Å². The van der Waals surface area contributed by atoms with Crippen molar-refractivity contribution in [3.63, 3.8) is 0 Å². The number of para-hydroxylation sites is 1. The highest BCUT2D eigenvalue weighted by Gasteiger charge is 2.24. The zero-order valence-corrected chi connectivity index (χ0v) is 12.3. The fourth-order valence-electron chi connectivity index (χ4n) is 3.48. The van der Waals surface area contributed by atoms with Crippen molar-refractivity contribution in [2.75, 3.05) is 31.1 Å². The minimum Gasteiger partial charge on any atom is -0.312 e. The van der Waals surface area contributed by atoms with Crippen LogP contribution in [0.3, 0.4) is 0 Å². The maximum atomic E-state index is 12.4. The van der Waals surface area contributed by atoms with E-state index in [4.69, 9.17) is 0 Å². The number of hydrogen-bond acceptors (Lipinski definition) is 2. The molecule has 0 spiro atoms. The van der Waals surface area contributed by atoms with Crippen LogP contribution in [0.4, 0.5) is 5.69 Å². The summed E-state index contributed by atoms with van der Waals surface area (Å²) < 4.78 is 0. The van der Waals surface area contributed by atoms with Crippen LogP contribution in [0.2, 0.25) is 0 Å². The number of fused-ring (bicyclic) bond motifs is 1. The monoisotopic (exact) mass is 272 g/mol. The molecule has 1 fully saturated rings. The maximum absolute atomic E-state index is 12.4. The number of hydrogen-bond donors (Lipinski definition) is 0. The Hall–Kier alpha value is -1.35. The van der Waals surface area contributed by atoms with Crippen molar-refractivity contribution >= 4 is 11.6 Å². The maximum Gasteiger partial charge on any atom is 0.228 e. The molecule has 1 atom stereocenters. The summed E-state index contributed by atoms with van der Waals surface area (Å²) in [6.45, 7) is 6.40.